The van der Waals surface area contributed by atoms with E-state index >= 15 is 0 Å². The van der Waals surface area contributed by atoms with Crippen LogP contribution in [0.5, 0.6) is 5.75 Å². The highest BCUT2D eigenvalue weighted by atomic mass is 16.5. The maximum absolute atomic E-state index is 14.0. The molecule has 0 unspecified atom stereocenters. The first-order chi connectivity index (χ1) is 18.8. The van der Waals surface area contributed by atoms with Gasteiger partial charge >= 0.3 is 0 Å². The summed E-state index contributed by atoms with van der Waals surface area (Å²) in [6, 6.07) is 1.83. The fourth-order valence-electron chi connectivity index (χ4n) is 6.26. The number of hydrogen-bond donors (Lipinski definition) is 7. The van der Waals surface area contributed by atoms with Crippen LogP contribution >= 0.6 is 0 Å². The first-order valence-electron chi connectivity index (χ1n) is 12.8. The Kier molecular flexibility index (Phi) is 7.98. The Labute approximate surface area is 230 Å². The summed E-state index contributed by atoms with van der Waals surface area (Å²) >= 11 is 0. The Morgan fingerprint density at radius 3 is 2.42 bits per heavy atom. The number of hydrogen-bond acceptors (Lipinski definition) is 12. The monoisotopic (exact) mass is 561 g/mol. The number of carbonyl (C=O) groups excluding carboxylic acids is 3. The molecule has 0 spiro atoms. The molecule has 1 aromatic carbocycles. The minimum absolute atomic E-state index is 0.0821. The van der Waals surface area contributed by atoms with Gasteiger partial charge in [0.1, 0.15) is 22.8 Å². The van der Waals surface area contributed by atoms with Crippen molar-refractivity contribution in [1.29, 1.82) is 0 Å². The zero-order valence-corrected chi connectivity index (χ0v) is 22.7. The fourth-order valence-corrected chi connectivity index (χ4v) is 6.26. The van der Waals surface area contributed by atoms with Crippen molar-refractivity contribution in [3.8, 4) is 5.75 Å². The quantitative estimate of drug-likeness (QED) is 0.116. The number of amides is 1. The molecule has 0 bridgehead atoms. The molecule has 0 saturated heterocycles. The molecule has 4 rings (SSSR count). The van der Waals surface area contributed by atoms with Crippen LogP contribution in [0.1, 0.15) is 24.0 Å². The van der Waals surface area contributed by atoms with Crippen molar-refractivity contribution in [2.24, 2.45) is 17.6 Å². The van der Waals surface area contributed by atoms with Crippen LogP contribution in [-0.4, -0.2) is 113 Å². The fraction of sp³-hybridized carbons (Fsp3) is 0.519. The zero-order valence-electron chi connectivity index (χ0n) is 22.7. The van der Waals surface area contributed by atoms with Crippen molar-refractivity contribution < 1.29 is 49.4 Å². The highest BCUT2D eigenvalue weighted by Gasteiger charge is 2.68. The molecule has 1 aromatic rings. The van der Waals surface area contributed by atoms with Crippen molar-refractivity contribution in [2.45, 2.75) is 30.6 Å². The smallest absolute Gasteiger partial charge is 0.255 e. The van der Waals surface area contributed by atoms with Crippen molar-refractivity contribution in [3.63, 3.8) is 0 Å². The normalized spacial score (nSPS) is 29.8. The molecule has 218 valence electrons. The van der Waals surface area contributed by atoms with Crippen LogP contribution < -0.4 is 11.1 Å². The van der Waals surface area contributed by atoms with Gasteiger partial charge in [-0.05, 0) is 31.6 Å². The summed E-state index contributed by atoms with van der Waals surface area (Å²) in [5.74, 6) is -9.24. The van der Waals surface area contributed by atoms with Gasteiger partial charge in [-0.1, -0.05) is 13.0 Å². The molecule has 8 N–H and O–H groups in total. The third-order valence-electron chi connectivity index (χ3n) is 8.12. The average molecular weight is 562 g/mol. The van der Waals surface area contributed by atoms with Crippen LogP contribution in [0, 0.1) is 11.8 Å². The first-order valence-corrected chi connectivity index (χ1v) is 12.8. The van der Waals surface area contributed by atoms with E-state index in [1.807, 2.05) is 0 Å². The Bertz CT molecular complexity index is 1310. The van der Waals surface area contributed by atoms with Crippen molar-refractivity contribution >= 4 is 28.9 Å². The molecule has 40 heavy (non-hydrogen) atoms. The summed E-state index contributed by atoms with van der Waals surface area (Å²) in [5.41, 5.74) is 1.56. The second kappa shape index (κ2) is 10.8. The number of aliphatic hydroxyl groups excluding tert-OH is 3. The predicted molar refractivity (Wildman–Crippen MR) is 142 cm³/mol. The van der Waals surface area contributed by atoms with Crippen molar-refractivity contribution in [1.82, 2.24) is 4.90 Å². The van der Waals surface area contributed by atoms with Crippen LogP contribution in [0.3, 0.4) is 0 Å². The Morgan fingerprint density at radius 1 is 1.15 bits per heavy atom. The maximum Gasteiger partial charge on any atom is 0.255 e. The third-order valence-corrected chi connectivity index (χ3v) is 8.12. The number of fused-ring (bicyclic) bond motifs is 3. The number of Topliss-reactive ketones (excluding diaryl/α,β-unsaturated/α-hetero) is 2. The van der Waals surface area contributed by atoms with Crippen LogP contribution in [-0.2, 0) is 23.9 Å². The van der Waals surface area contributed by atoms with Crippen LogP contribution in [0.25, 0.3) is 5.76 Å². The molecule has 3 aliphatic carbocycles. The Hall–Kier alpha value is -3.49. The van der Waals surface area contributed by atoms with Crippen molar-refractivity contribution in [2.75, 3.05) is 52.9 Å². The molecule has 13 heteroatoms. The number of aromatic hydroxyl groups is 1. The lowest BCUT2D eigenvalue weighted by molar-refractivity contribution is -0.169. The van der Waals surface area contributed by atoms with E-state index in [0.717, 1.165) is 0 Å². The molecule has 0 aliphatic heterocycles. The zero-order chi connectivity index (χ0) is 29.7. The first kappa shape index (κ1) is 29.5. The Morgan fingerprint density at radius 2 is 1.82 bits per heavy atom. The van der Waals surface area contributed by atoms with E-state index in [1.165, 1.54) is 19.0 Å². The number of rotatable bonds is 9. The molecule has 1 amide bonds. The van der Waals surface area contributed by atoms with Crippen LogP contribution in [0.15, 0.2) is 29.0 Å². The van der Waals surface area contributed by atoms with E-state index in [2.05, 4.69) is 5.32 Å². The van der Waals surface area contributed by atoms with Gasteiger partial charge in [-0.3, -0.25) is 19.3 Å². The van der Waals surface area contributed by atoms with Gasteiger partial charge in [0.05, 0.1) is 49.1 Å². The molecule has 0 heterocycles. The number of anilines is 1. The van der Waals surface area contributed by atoms with E-state index in [9.17, 15) is 39.9 Å². The van der Waals surface area contributed by atoms with Gasteiger partial charge in [0, 0.05) is 25.1 Å². The SMILES string of the molecule is COCCOCCNc1ccc2c(c1O)C(O)=C1C(=O)[C@]3(O)C(O)=C(C(N)=O)C(=O)[C@@H](N(C)C)[C@@H]3[C@@H](O)[C@@H]1[C@H]2C. The van der Waals surface area contributed by atoms with Crippen molar-refractivity contribution in [3.05, 3.63) is 40.2 Å². The molecular formula is C27H35N3O10. The number of ketones is 2. The lowest BCUT2D eigenvalue weighted by Crippen LogP contribution is -2.70. The number of carbonyl (C=O) groups is 3. The minimum atomic E-state index is -2.95. The van der Waals surface area contributed by atoms with Crippen LogP contribution in [0.2, 0.25) is 0 Å². The summed E-state index contributed by atoms with van der Waals surface area (Å²) in [5, 5.41) is 59.7. The van der Waals surface area contributed by atoms with E-state index in [4.69, 9.17) is 15.2 Å². The molecule has 1 fully saturated rings. The summed E-state index contributed by atoms with van der Waals surface area (Å²) in [6.45, 7) is 3.08. The van der Waals surface area contributed by atoms with E-state index < -0.39 is 75.6 Å². The standard InChI is InChI=1S/C27H35N3O10/c1-11-12-5-6-13(29-7-8-40-10-9-39-4)20(31)15(12)21(32)16-14(11)22(33)18-19(30(2)3)23(34)17(26(28)37)25(36)27(18,38)24(16)35/h5-6,11,14,18-19,22,29,31-33,36,38H,7-10H2,1-4H3,(H2,28,37)/t11-,14+,18+,19-,22-,27-/m0/s1. The average Bonchev–Trinajstić information content (AvgIpc) is 2.88. The number of nitrogens with two attached hydrogens (primary N) is 1. The molecular weight excluding hydrogens is 526 g/mol. The predicted octanol–water partition coefficient (Wildman–Crippen LogP) is -0.429. The highest BCUT2D eigenvalue weighted by Crippen LogP contribution is 2.56. The third kappa shape index (κ3) is 4.25. The number of benzene rings is 1. The number of methoxy groups -OCH3 is 1. The Balaban J connectivity index is 1.83. The molecule has 0 aromatic heterocycles. The topological polar surface area (TPSA) is 212 Å². The number of likely N-dealkylation sites (N-methyl/N-ethyl adjacent to an activating group) is 1. The molecule has 13 nitrogen and oxygen atoms in total. The van der Waals surface area contributed by atoms with E-state index in [0.29, 0.717) is 31.9 Å². The molecule has 0 radical (unpaired) electrons. The number of nitrogens with one attached hydrogen (secondary N) is 1. The second-order valence-electron chi connectivity index (χ2n) is 10.5. The van der Waals surface area contributed by atoms with Crippen LogP contribution in [0.4, 0.5) is 5.69 Å². The summed E-state index contributed by atoms with van der Waals surface area (Å²) in [6.07, 6.45) is -1.64. The number of nitrogens with zero attached hydrogens (tertiary/aromatic N) is 1. The van der Waals surface area contributed by atoms with Gasteiger partial charge in [-0.2, -0.15) is 0 Å². The molecule has 3 aliphatic rings. The highest BCUT2D eigenvalue weighted by molar-refractivity contribution is 6.24. The number of phenols is 1. The van der Waals surface area contributed by atoms with E-state index in [1.54, 1.807) is 26.2 Å². The lowest BCUT2D eigenvalue weighted by Gasteiger charge is -2.53. The molecule has 6 atom stereocenters. The summed E-state index contributed by atoms with van der Waals surface area (Å²) in [4.78, 5) is 40.6. The number of ether oxygens (including phenoxy) is 2. The van der Waals surface area contributed by atoms with E-state index in [-0.39, 0.29) is 17.0 Å². The number of phenolic OH excluding ortho intramolecular Hbond substituents is 1. The van der Waals surface area contributed by atoms with Gasteiger partial charge in [-0.15, -0.1) is 0 Å². The summed E-state index contributed by atoms with van der Waals surface area (Å²) in [7, 11) is 4.47. The lowest BCUT2D eigenvalue weighted by atomic mass is 9.54. The second-order valence-corrected chi connectivity index (χ2v) is 10.5. The largest absolute Gasteiger partial charge is 0.508 e. The van der Waals surface area contributed by atoms with Gasteiger partial charge in [0.2, 0.25) is 5.78 Å². The molecule has 1 saturated carbocycles. The maximum atomic E-state index is 14.0. The number of aliphatic hydroxyl groups is 4. The van der Waals surface area contributed by atoms with Gasteiger partial charge in [0.25, 0.3) is 5.91 Å². The van der Waals surface area contributed by atoms with Gasteiger partial charge in [-0.25, -0.2) is 0 Å². The minimum Gasteiger partial charge on any atom is -0.508 e. The summed E-state index contributed by atoms with van der Waals surface area (Å²) < 4.78 is 10.3. The van der Waals surface area contributed by atoms with Gasteiger partial charge in [0.15, 0.2) is 11.4 Å². The number of primary amides is 1. The van der Waals surface area contributed by atoms with Gasteiger partial charge < -0.3 is 46.1 Å².